The molecule has 0 aliphatic heterocycles. The summed E-state index contributed by atoms with van der Waals surface area (Å²) in [6, 6.07) is 7.19. The Labute approximate surface area is 84.3 Å². The van der Waals surface area contributed by atoms with E-state index in [9.17, 15) is 4.39 Å². The van der Waals surface area contributed by atoms with Gasteiger partial charge in [0.25, 0.3) is 0 Å². The van der Waals surface area contributed by atoms with Gasteiger partial charge in [0, 0.05) is 11.7 Å². The van der Waals surface area contributed by atoms with Crippen LogP contribution in [0.15, 0.2) is 24.3 Å². The van der Waals surface area contributed by atoms with Gasteiger partial charge in [0.2, 0.25) is 0 Å². The zero-order valence-corrected chi connectivity index (χ0v) is 8.46. The molecule has 1 N–H and O–H groups in total. The molecule has 2 atom stereocenters. The Kier molecular flexibility index (Phi) is 2.71. The Hall–Kier alpha value is -1.05. The average molecular weight is 193 g/mol. The standard InChI is InChI=1S/C12H16FN/c1-9-2-5-12(8-9)14-11-6-3-10(13)4-7-11/h3-4,6-7,9,12,14H,2,5,8H2,1H3. The van der Waals surface area contributed by atoms with Crippen molar-refractivity contribution in [3.05, 3.63) is 30.1 Å². The highest BCUT2D eigenvalue weighted by atomic mass is 19.1. The molecule has 1 aliphatic carbocycles. The van der Waals surface area contributed by atoms with E-state index in [0.717, 1.165) is 11.6 Å². The van der Waals surface area contributed by atoms with E-state index < -0.39 is 0 Å². The maximum Gasteiger partial charge on any atom is 0.123 e. The largest absolute Gasteiger partial charge is 0.382 e. The summed E-state index contributed by atoms with van der Waals surface area (Å²) in [5.41, 5.74) is 1.03. The Morgan fingerprint density at radius 2 is 1.93 bits per heavy atom. The summed E-state index contributed by atoms with van der Waals surface area (Å²) in [7, 11) is 0. The second-order valence-corrected chi connectivity index (χ2v) is 4.27. The van der Waals surface area contributed by atoms with Crippen molar-refractivity contribution < 1.29 is 4.39 Å². The summed E-state index contributed by atoms with van der Waals surface area (Å²) in [4.78, 5) is 0. The first-order valence-corrected chi connectivity index (χ1v) is 5.26. The topological polar surface area (TPSA) is 12.0 Å². The van der Waals surface area contributed by atoms with Gasteiger partial charge in [-0.1, -0.05) is 6.92 Å². The van der Waals surface area contributed by atoms with Gasteiger partial charge in [-0.15, -0.1) is 0 Å². The van der Waals surface area contributed by atoms with Gasteiger partial charge in [-0.2, -0.15) is 0 Å². The summed E-state index contributed by atoms with van der Waals surface area (Å²) >= 11 is 0. The fraction of sp³-hybridized carbons (Fsp3) is 0.500. The summed E-state index contributed by atoms with van der Waals surface area (Å²) < 4.78 is 12.6. The fourth-order valence-electron chi connectivity index (χ4n) is 2.12. The smallest absolute Gasteiger partial charge is 0.123 e. The molecule has 1 fully saturated rings. The maximum absolute atomic E-state index is 12.6. The van der Waals surface area contributed by atoms with Crippen LogP contribution < -0.4 is 5.32 Å². The van der Waals surface area contributed by atoms with E-state index in [0.29, 0.717) is 6.04 Å². The lowest BCUT2D eigenvalue weighted by atomic mass is 10.1. The van der Waals surface area contributed by atoms with E-state index in [-0.39, 0.29) is 5.82 Å². The summed E-state index contributed by atoms with van der Waals surface area (Å²) in [5.74, 6) is 0.656. The van der Waals surface area contributed by atoms with E-state index in [1.807, 2.05) is 0 Å². The second kappa shape index (κ2) is 3.99. The first-order chi connectivity index (χ1) is 6.74. The highest BCUT2D eigenvalue weighted by Gasteiger charge is 2.20. The monoisotopic (exact) mass is 193 g/mol. The average Bonchev–Trinajstić information content (AvgIpc) is 2.56. The molecular formula is C12H16FN. The van der Waals surface area contributed by atoms with E-state index in [1.165, 1.54) is 31.4 Å². The van der Waals surface area contributed by atoms with Gasteiger partial charge in [-0.3, -0.25) is 0 Å². The van der Waals surface area contributed by atoms with Crippen molar-refractivity contribution in [3.63, 3.8) is 0 Å². The van der Waals surface area contributed by atoms with Gasteiger partial charge in [-0.25, -0.2) is 4.39 Å². The lowest BCUT2D eigenvalue weighted by Gasteiger charge is -2.13. The minimum atomic E-state index is -0.171. The van der Waals surface area contributed by atoms with Gasteiger partial charge < -0.3 is 5.32 Å². The van der Waals surface area contributed by atoms with Crippen molar-refractivity contribution >= 4 is 5.69 Å². The number of halogens is 1. The number of rotatable bonds is 2. The van der Waals surface area contributed by atoms with Crippen LogP contribution in [0.1, 0.15) is 26.2 Å². The van der Waals surface area contributed by atoms with Gasteiger partial charge in [0.1, 0.15) is 5.82 Å². The highest BCUT2D eigenvalue weighted by Crippen LogP contribution is 2.27. The molecule has 0 aromatic heterocycles. The molecule has 14 heavy (non-hydrogen) atoms. The third kappa shape index (κ3) is 2.25. The van der Waals surface area contributed by atoms with Crippen LogP contribution in [0.25, 0.3) is 0 Å². The molecule has 0 amide bonds. The molecule has 2 rings (SSSR count). The van der Waals surface area contributed by atoms with Crippen molar-refractivity contribution in [1.82, 2.24) is 0 Å². The van der Waals surface area contributed by atoms with Crippen LogP contribution in [0.5, 0.6) is 0 Å². The van der Waals surface area contributed by atoms with E-state index in [2.05, 4.69) is 12.2 Å². The number of hydrogen-bond acceptors (Lipinski definition) is 1. The van der Waals surface area contributed by atoms with Gasteiger partial charge in [0.05, 0.1) is 0 Å². The Balaban J connectivity index is 1.94. The lowest BCUT2D eigenvalue weighted by Crippen LogP contribution is -2.14. The Morgan fingerprint density at radius 1 is 1.21 bits per heavy atom. The number of nitrogens with one attached hydrogen (secondary N) is 1. The van der Waals surface area contributed by atoms with Crippen LogP contribution in [0.3, 0.4) is 0 Å². The van der Waals surface area contributed by atoms with Crippen LogP contribution in [-0.2, 0) is 0 Å². The molecule has 1 aromatic carbocycles. The number of benzene rings is 1. The Morgan fingerprint density at radius 3 is 2.50 bits per heavy atom. The Bertz CT molecular complexity index is 294. The molecule has 1 nitrogen and oxygen atoms in total. The minimum Gasteiger partial charge on any atom is -0.382 e. The molecule has 0 heterocycles. The quantitative estimate of drug-likeness (QED) is 0.758. The molecule has 0 bridgehead atoms. The van der Waals surface area contributed by atoms with Gasteiger partial charge >= 0.3 is 0 Å². The molecular weight excluding hydrogens is 177 g/mol. The van der Waals surface area contributed by atoms with E-state index in [4.69, 9.17) is 0 Å². The lowest BCUT2D eigenvalue weighted by molar-refractivity contribution is 0.602. The zero-order valence-electron chi connectivity index (χ0n) is 8.46. The van der Waals surface area contributed by atoms with Crippen LogP contribution in [0.2, 0.25) is 0 Å². The van der Waals surface area contributed by atoms with Crippen LogP contribution >= 0.6 is 0 Å². The normalized spacial score (nSPS) is 26.4. The van der Waals surface area contributed by atoms with Crippen LogP contribution in [0, 0.1) is 11.7 Å². The minimum absolute atomic E-state index is 0.171. The third-order valence-corrected chi connectivity index (χ3v) is 2.91. The van der Waals surface area contributed by atoms with Crippen molar-refractivity contribution in [2.45, 2.75) is 32.2 Å². The summed E-state index contributed by atoms with van der Waals surface area (Å²) in [6.07, 6.45) is 3.77. The summed E-state index contributed by atoms with van der Waals surface area (Å²) in [5, 5.41) is 3.43. The molecule has 0 spiro atoms. The molecule has 0 radical (unpaired) electrons. The molecule has 2 unspecified atom stereocenters. The van der Waals surface area contributed by atoms with E-state index >= 15 is 0 Å². The van der Waals surface area contributed by atoms with Gasteiger partial charge in [0.15, 0.2) is 0 Å². The fourth-order valence-corrected chi connectivity index (χ4v) is 2.12. The van der Waals surface area contributed by atoms with Crippen LogP contribution in [0.4, 0.5) is 10.1 Å². The molecule has 2 heteroatoms. The van der Waals surface area contributed by atoms with Crippen molar-refractivity contribution in [2.24, 2.45) is 5.92 Å². The highest BCUT2D eigenvalue weighted by molar-refractivity contribution is 5.43. The molecule has 1 aliphatic rings. The van der Waals surface area contributed by atoms with Crippen molar-refractivity contribution in [1.29, 1.82) is 0 Å². The molecule has 1 aromatic rings. The summed E-state index contributed by atoms with van der Waals surface area (Å²) in [6.45, 7) is 2.28. The number of hydrogen-bond donors (Lipinski definition) is 1. The zero-order chi connectivity index (χ0) is 9.97. The molecule has 1 saturated carbocycles. The van der Waals surface area contributed by atoms with E-state index in [1.54, 1.807) is 12.1 Å². The predicted octanol–water partition coefficient (Wildman–Crippen LogP) is 3.43. The molecule has 0 saturated heterocycles. The van der Waals surface area contributed by atoms with Gasteiger partial charge in [-0.05, 0) is 49.4 Å². The number of anilines is 1. The first-order valence-electron chi connectivity index (χ1n) is 5.26. The van der Waals surface area contributed by atoms with Crippen LogP contribution in [-0.4, -0.2) is 6.04 Å². The van der Waals surface area contributed by atoms with Crippen molar-refractivity contribution in [2.75, 3.05) is 5.32 Å². The second-order valence-electron chi connectivity index (χ2n) is 4.27. The van der Waals surface area contributed by atoms with Crippen molar-refractivity contribution in [3.8, 4) is 0 Å². The predicted molar refractivity (Wildman–Crippen MR) is 56.8 cm³/mol. The first kappa shape index (κ1) is 9.50. The SMILES string of the molecule is CC1CCC(Nc2ccc(F)cc2)C1. The molecule has 76 valence electrons. The maximum atomic E-state index is 12.6. The third-order valence-electron chi connectivity index (χ3n) is 2.91.